The van der Waals surface area contributed by atoms with Crippen molar-refractivity contribution in [1.82, 2.24) is 25.5 Å². The Kier molecular flexibility index (Phi) is 6.96. The Balaban J connectivity index is 1.64. The van der Waals surface area contributed by atoms with Crippen LogP contribution in [0.25, 0.3) is 5.69 Å². The number of hydrogen-bond acceptors (Lipinski definition) is 7. The number of esters is 1. The number of rotatable bonds is 8. The molecule has 0 aliphatic rings. The molecule has 150 valence electrons. The first-order chi connectivity index (χ1) is 14.1. The number of benzene rings is 2. The van der Waals surface area contributed by atoms with E-state index in [9.17, 15) is 9.59 Å². The lowest BCUT2D eigenvalue weighted by atomic mass is 10.1. The predicted octanol–water partition coefficient (Wildman–Crippen LogP) is 1.96. The second kappa shape index (κ2) is 9.83. The van der Waals surface area contributed by atoms with Crippen molar-refractivity contribution in [3.05, 3.63) is 65.7 Å². The van der Waals surface area contributed by atoms with E-state index in [0.29, 0.717) is 11.6 Å². The third-order valence-electron chi connectivity index (χ3n) is 4.22. The van der Waals surface area contributed by atoms with E-state index >= 15 is 0 Å². The third kappa shape index (κ3) is 5.41. The Hall–Kier alpha value is -3.20. The van der Waals surface area contributed by atoms with E-state index in [1.807, 2.05) is 61.5 Å². The van der Waals surface area contributed by atoms with Crippen molar-refractivity contribution < 1.29 is 14.3 Å². The van der Waals surface area contributed by atoms with Crippen molar-refractivity contribution in [2.75, 3.05) is 12.9 Å². The number of methoxy groups -OCH3 is 1. The molecule has 0 aliphatic carbocycles. The number of tetrazole rings is 1. The molecule has 0 saturated heterocycles. The molecule has 0 aliphatic heterocycles. The molecular weight excluding hydrogens is 390 g/mol. The zero-order chi connectivity index (χ0) is 20.6. The molecule has 1 heterocycles. The summed E-state index contributed by atoms with van der Waals surface area (Å²) in [6, 6.07) is 16.4. The lowest BCUT2D eigenvalue weighted by Gasteiger charge is -2.16. The standard InChI is InChI=1S/C20H21N5O3S/c1-14-8-6-7-11-17(14)25-20(22-23-24-25)29-13-18(26)21-16(19(27)28-2)12-15-9-4-3-5-10-15/h3-11,16H,12-13H2,1-2H3,(H,21,26)/t16-/m0/s1. The minimum absolute atomic E-state index is 0.0640. The minimum atomic E-state index is -0.761. The van der Waals surface area contributed by atoms with Crippen LogP contribution >= 0.6 is 11.8 Å². The topological polar surface area (TPSA) is 99.0 Å². The van der Waals surface area contributed by atoms with Gasteiger partial charge >= 0.3 is 5.97 Å². The minimum Gasteiger partial charge on any atom is -0.467 e. The fourth-order valence-corrected chi connectivity index (χ4v) is 3.47. The highest BCUT2D eigenvalue weighted by atomic mass is 32.2. The van der Waals surface area contributed by atoms with Crippen molar-refractivity contribution in [2.45, 2.75) is 24.5 Å². The van der Waals surface area contributed by atoms with Gasteiger partial charge in [-0.05, 0) is 34.5 Å². The quantitative estimate of drug-likeness (QED) is 0.447. The summed E-state index contributed by atoms with van der Waals surface area (Å²) in [5.74, 6) is -0.730. The number of amides is 1. The summed E-state index contributed by atoms with van der Waals surface area (Å²) in [5.41, 5.74) is 2.79. The van der Waals surface area contributed by atoms with E-state index < -0.39 is 12.0 Å². The molecule has 0 radical (unpaired) electrons. The maximum Gasteiger partial charge on any atom is 0.328 e. The summed E-state index contributed by atoms with van der Waals surface area (Å²) in [6.45, 7) is 1.96. The largest absolute Gasteiger partial charge is 0.467 e. The van der Waals surface area contributed by atoms with Crippen LogP contribution in [0.3, 0.4) is 0 Å². The fourth-order valence-electron chi connectivity index (χ4n) is 2.77. The van der Waals surface area contributed by atoms with Gasteiger partial charge in [-0.1, -0.05) is 60.3 Å². The molecule has 29 heavy (non-hydrogen) atoms. The molecule has 8 nitrogen and oxygen atoms in total. The van der Waals surface area contributed by atoms with Crippen LogP contribution in [0.5, 0.6) is 0 Å². The van der Waals surface area contributed by atoms with Gasteiger partial charge in [0.25, 0.3) is 0 Å². The highest BCUT2D eigenvalue weighted by molar-refractivity contribution is 7.99. The smallest absolute Gasteiger partial charge is 0.328 e. The Bertz CT molecular complexity index is 977. The number of aryl methyl sites for hydroxylation is 1. The molecule has 0 bridgehead atoms. The highest BCUT2D eigenvalue weighted by Gasteiger charge is 2.22. The van der Waals surface area contributed by atoms with Crippen LogP contribution in [0.2, 0.25) is 0 Å². The average Bonchev–Trinajstić information content (AvgIpc) is 3.20. The number of para-hydroxylation sites is 1. The van der Waals surface area contributed by atoms with Crippen LogP contribution in [0.4, 0.5) is 0 Å². The maximum absolute atomic E-state index is 12.5. The van der Waals surface area contributed by atoms with Crippen molar-refractivity contribution in [3.8, 4) is 5.69 Å². The van der Waals surface area contributed by atoms with Crippen molar-refractivity contribution in [2.24, 2.45) is 0 Å². The van der Waals surface area contributed by atoms with E-state index in [2.05, 4.69) is 20.8 Å². The van der Waals surface area contributed by atoms with Crippen molar-refractivity contribution >= 4 is 23.6 Å². The molecule has 1 aromatic heterocycles. The second-order valence-corrected chi connectivity index (χ2v) is 7.22. The van der Waals surface area contributed by atoms with Crippen molar-refractivity contribution in [1.29, 1.82) is 0 Å². The molecule has 1 N–H and O–H groups in total. The second-order valence-electron chi connectivity index (χ2n) is 6.28. The summed E-state index contributed by atoms with van der Waals surface area (Å²) >= 11 is 1.20. The first kappa shape index (κ1) is 20.5. The molecule has 1 amide bonds. The Morgan fingerprint density at radius 1 is 1.14 bits per heavy atom. The van der Waals surface area contributed by atoms with Crippen LogP contribution in [0.15, 0.2) is 59.8 Å². The normalized spacial score (nSPS) is 11.7. The van der Waals surface area contributed by atoms with E-state index in [0.717, 1.165) is 16.8 Å². The third-order valence-corrected chi connectivity index (χ3v) is 5.14. The summed E-state index contributed by atoms with van der Waals surface area (Å²) < 4.78 is 6.42. The lowest BCUT2D eigenvalue weighted by molar-refractivity contribution is -0.144. The Morgan fingerprint density at radius 3 is 2.59 bits per heavy atom. The number of hydrogen-bond donors (Lipinski definition) is 1. The Labute approximate surface area is 172 Å². The van der Waals surface area contributed by atoms with Crippen LogP contribution in [0.1, 0.15) is 11.1 Å². The molecule has 2 aromatic carbocycles. The summed E-state index contributed by atoms with van der Waals surface area (Å²) in [7, 11) is 1.30. The highest BCUT2D eigenvalue weighted by Crippen LogP contribution is 2.20. The van der Waals surface area contributed by atoms with Gasteiger partial charge in [-0.2, -0.15) is 4.68 Å². The van der Waals surface area contributed by atoms with Gasteiger partial charge in [0.05, 0.1) is 18.6 Å². The van der Waals surface area contributed by atoms with E-state index in [4.69, 9.17) is 4.74 Å². The van der Waals surface area contributed by atoms with Gasteiger partial charge < -0.3 is 10.1 Å². The molecule has 1 atom stereocenters. The average molecular weight is 411 g/mol. The zero-order valence-corrected chi connectivity index (χ0v) is 16.9. The summed E-state index contributed by atoms with van der Waals surface area (Å²) in [4.78, 5) is 24.5. The molecule has 3 rings (SSSR count). The van der Waals surface area contributed by atoms with Crippen LogP contribution < -0.4 is 5.32 Å². The number of thioether (sulfide) groups is 1. The zero-order valence-electron chi connectivity index (χ0n) is 16.1. The van der Waals surface area contributed by atoms with E-state index in [1.165, 1.54) is 18.9 Å². The monoisotopic (exact) mass is 411 g/mol. The number of carbonyl (C=O) groups excluding carboxylic acids is 2. The molecule has 3 aromatic rings. The molecule has 9 heteroatoms. The number of ether oxygens (including phenoxy) is 1. The summed E-state index contributed by atoms with van der Waals surface area (Å²) in [6.07, 6.45) is 0.352. The van der Waals surface area contributed by atoms with E-state index in [-0.39, 0.29) is 11.7 Å². The van der Waals surface area contributed by atoms with Gasteiger partial charge in [0.1, 0.15) is 6.04 Å². The van der Waals surface area contributed by atoms with Crippen LogP contribution in [-0.2, 0) is 20.7 Å². The van der Waals surface area contributed by atoms with Gasteiger partial charge in [-0.25, -0.2) is 4.79 Å². The molecule has 0 unspecified atom stereocenters. The van der Waals surface area contributed by atoms with E-state index in [1.54, 1.807) is 4.68 Å². The van der Waals surface area contributed by atoms with Gasteiger partial charge in [-0.3, -0.25) is 4.79 Å². The first-order valence-corrected chi connectivity index (χ1v) is 9.95. The lowest BCUT2D eigenvalue weighted by Crippen LogP contribution is -2.43. The molecule has 0 saturated carbocycles. The molecular formula is C20H21N5O3S. The van der Waals surface area contributed by atoms with Crippen LogP contribution in [0, 0.1) is 6.92 Å². The Morgan fingerprint density at radius 2 is 1.86 bits per heavy atom. The summed E-state index contributed by atoms with van der Waals surface area (Å²) in [5, 5.41) is 15.0. The first-order valence-electron chi connectivity index (χ1n) is 8.96. The number of nitrogens with one attached hydrogen (secondary N) is 1. The van der Waals surface area contributed by atoms with Gasteiger partial charge in [0.15, 0.2) is 0 Å². The molecule has 0 fully saturated rings. The number of aromatic nitrogens is 4. The van der Waals surface area contributed by atoms with Gasteiger partial charge in [-0.15, -0.1) is 5.10 Å². The predicted molar refractivity (Wildman–Crippen MR) is 109 cm³/mol. The number of carbonyl (C=O) groups is 2. The van der Waals surface area contributed by atoms with Crippen LogP contribution in [-0.4, -0.2) is 51.0 Å². The molecule has 0 spiro atoms. The maximum atomic E-state index is 12.5. The van der Waals surface area contributed by atoms with Crippen molar-refractivity contribution in [3.63, 3.8) is 0 Å². The fraction of sp³-hybridized carbons (Fsp3) is 0.250. The SMILES string of the molecule is COC(=O)[C@H](Cc1ccccc1)NC(=O)CSc1nnnn1-c1ccccc1C. The number of nitrogens with zero attached hydrogens (tertiary/aromatic N) is 4. The van der Waals surface area contributed by atoms with Gasteiger partial charge in [0.2, 0.25) is 11.1 Å². The van der Waals surface area contributed by atoms with Gasteiger partial charge in [0, 0.05) is 6.42 Å².